The highest BCUT2D eigenvalue weighted by molar-refractivity contribution is 5.87. The topological polar surface area (TPSA) is 74.4 Å². The van der Waals surface area contributed by atoms with Crippen LogP contribution in [0.5, 0.6) is 0 Å². The van der Waals surface area contributed by atoms with E-state index in [2.05, 4.69) is 10.3 Å². The minimum atomic E-state index is -0.214. The summed E-state index contributed by atoms with van der Waals surface area (Å²) < 4.78 is 5.45. The second-order valence-corrected chi connectivity index (χ2v) is 5.97. The Labute approximate surface area is 135 Å². The predicted molar refractivity (Wildman–Crippen MR) is 89.1 cm³/mol. The Morgan fingerprint density at radius 2 is 2.22 bits per heavy atom. The number of ether oxygens (including phenoxy) is 1. The highest BCUT2D eigenvalue weighted by atomic mass is 16.5. The van der Waals surface area contributed by atoms with Crippen molar-refractivity contribution in [2.24, 2.45) is 5.92 Å². The van der Waals surface area contributed by atoms with Crippen LogP contribution in [0.15, 0.2) is 42.1 Å². The number of benzene rings is 1. The van der Waals surface area contributed by atoms with E-state index in [0.29, 0.717) is 6.61 Å². The van der Waals surface area contributed by atoms with Crippen LogP contribution in [0.25, 0.3) is 10.9 Å². The number of rotatable bonds is 5. The van der Waals surface area contributed by atoms with Crippen LogP contribution in [0.3, 0.4) is 0 Å². The zero-order chi connectivity index (χ0) is 16.1. The molecular weight excluding hydrogens is 292 g/mol. The number of aromatic amines is 1. The SMILES string of the molecule is O=C(Cc1c[nH]c2ccccc12)OCC1CNCC=C(CO)C1. The first-order valence-corrected chi connectivity index (χ1v) is 7.96. The van der Waals surface area contributed by atoms with Crippen LogP contribution in [0, 0.1) is 5.92 Å². The summed E-state index contributed by atoms with van der Waals surface area (Å²) in [5, 5.41) is 13.6. The Kier molecular flexibility index (Phi) is 5.10. The van der Waals surface area contributed by atoms with Crippen molar-refractivity contribution >= 4 is 16.9 Å². The number of aromatic nitrogens is 1. The molecular formula is C18H22N2O3. The molecule has 5 nitrogen and oxygen atoms in total. The fourth-order valence-electron chi connectivity index (χ4n) is 2.97. The molecule has 2 aromatic rings. The van der Waals surface area contributed by atoms with E-state index in [0.717, 1.165) is 41.5 Å². The third-order valence-corrected chi connectivity index (χ3v) is 4.21. The van der Waals surface area contributed by atoms with E-state index >= 15 is 0 Å². The molecule has 0 aliphatic carbocycles. The number of hydrogen-bond donors (Lipinski definition) is 3. The molecule has 1 atom stereocenters. The first-order valence-electron chi connectivity index (χ1n) is 7.96. The molecule has 1 aromatic carbocycles. The number of para-hydroxylation sites is 1. The Morgan fingerprint density at radius 3 is 3.09 bits per heavy atom. The summed E-state index contributed by atoms with van der Waals surface area (Å²) in [6.07, 6.45) is 4.91. The first kappa shape index (κ1) is 15.8. The van der Waals surface area contributed by atoms with Gasteiger partial charge in [0.1, 0.15) is 0 Å². The average molecular weight is 314 g/mol. The number of fused-ring (bicyclic) bond motifs is 1. The second kappa shape index (κ2) is 7.44. The van der Waals surface area contributed by atoms with Gasteiger partial charge in [-0.15, -0.1) is 0 Å². The van der Waals surface area contributed by atoms with Crippen LogP contribution in [-0.4, -0.2) is 42.4 Å². The van der Waals surface area contributed by atoms with Gasteiger partial charge in [-0.05, 0) is 23.6 Å². The van der Waals surface area contributed by atoms with Crippen molar-refractivity contribution in [2.45, 2.75) is 12.8 Å². The van der Waals surface area contributed by atoms with Crippen LogP contribution in [0.1, 0.15) is 12.0 Å². The monoisotopic (exact) mass is 314 g/mol. The third kappa shape index (κ3) is 4.00. The smallest absolute Gasteiger partial charge is 0.310 e. The van der Waals surface area contributed by atoms with Crippen molar-refractivity contribution < 1.29 is 14.6 Å². The Hall–Kier alpha value is -2.11. The van der Waals surface area contributed by atoms with E-state index in [1.807, 2.05) is 36.5 Å². The van der Waals surface area contributed by atoms with Crippen molar-refractivity contribution in [1.82, 2.24) is 10.3 Å². The molecule has 1 aromatic heterocycles. The zero-order valence-electron chi connectivity index (χ0n) is 13.0. The lowest BCUT2D eigenvalue weighted by Gasteiger charge is -2.15. The average Bonchev–Trinajstić information content (AvgIpc) is 2.83. The van der Waals surface area contributed by atoms with Gasteiger partial charge in [-0.3, -0.25) is 4.79 Å². The number of H-pyrrole nitrogens is 1. The summed E-state index contributed by atoms with van der Waals surface area (Å²) in [5.41, 5.74) is 2.99. The third-order valence-electron chi connectivity index (χ3n) is 4.21. The maximum atomic E-state index is 12.1. The lowest BCUT2D eigenvalue weighted by Crippen LogP contribution is -2.26. The fraction of sp³-hybridized carbons (Fsp3) is 0.389. The van der Waals surface area contributed by atoms with Crippen molar-refractivity contribution in [3.63, 3.8) is 0 Å². The van der Waals surface area contributed by atoms with Crippen molar-refractivity contribution in [2.75, 3.05) is 26.3 Å². The molecule has 0 radical (unpaired) electrons. The van der Waals surface area contributed by atoms with Gasteiger partial charge >= 0.3 is 5.97 Å². The molecule has 3 rings (SSSR count). The lowest BCUT2D eigenvalue weighted by molar-refractivity contribution is -0.144. The van der Waals surface area contributed by atoms with Gasteiger partial charge in [0.15, 0.2) is 0 Å². The van der Waals surface area contributed by atoms with Gasteiger partial charge in [-0.2, -0.15) is 0 Å². The molecule has 0 saturated heterocycles. The van der Waals surface area contributed by atoms with Crippen molar-refractivity contribution in [3.8, 4) is 0 Å². The minimum absolute atomic E-state index is 0.0709. The van der Waals surface area contributed by atoms with Crippen molar-refractivity contribution in [1.29, 1.82) is 0 Å². The molecule has 0 spiro atoms. The van der Waals surface area contributed by atoms with Gasteiger partial charge in [-0.25, -0.2) is 0 Å². The molecule has 1 aliphatic heterocycles. The van der Waals surface area contributed by atoms with E-state index in [4.69, 9.17) is 4.74 Å². The number of carbonyl (C=O) groups excluding carboxylic acids is 1. The molecule has 122 valence electrons. The molecule has 2 heterocycles. The van der Waals surface area contributed by atoms with Gasteiger partial charge < -0.3 is 20.1 Å². The summed E-state index contributed by atoms with van der Waals surface area (Å²) in [5.74, 6) is -0.00338. The standard InChI is InChI=1S/C18H22N2O3/c21-11-13-5-6-19-9-14(7-13)12-23-18(22)8-15-10-20-17-4-2-1-3-16(15)17/h1-5,10,14,19-21H,6-9,11-12H2. The van der Waals surface area contributed by atoms with E-state index in [1.165, 1.54) is 0 Å². The van der Waals surface area contributed by atoms with Gasteiger partial charge in [0.2, 0.25) is 0 Å². The second-order valence-electron chi connectivity index (χ2n) is 5.97. The van der Waals surface area contributed by atoms with Crippen LogP contribution >= 0.6 is 0 Å². The van der Waals surface area contributed by atoms with Crippen molar-refractivity contribution in [3.05, 3.63) is 47.7 Å². The van der Waals surface area contributed by atoms with E-state index in [1.54, 1.807) is 0 Å². The summed E-state index contributed by atoms with van der Waals surface area (Å²) >= 11 is 0. The molecule has 5 heteroatoms. The molecule has 0 amide bonds. The number of nitrogens with one attached hydrogen (secondary N) is 2. The fourth-order valence-corrected chi connectivity index (χ4v) is 2.97. The highest BCUT2D eigenvalue weighted by Gasteiger charge is 2.17. The van der Waals surface area contributed by atoms with E-state index < -0.39 is 0 Å². The first-order chi connectivity index (χ1) is 11.3. The van der Waals surface area contributed by atoms with Gasteiger partial charge in [0.05, 0.1) is 19.6 Å². The van der Waals surface area contributed by atoms with E-state index in [9.17, 15) is 9.90 Å². The van der Waals surface area contributed by atoms with Crippen LogP contribution in [0.4, 0.5) is 0 Å². The van der Waals surface area contributed by atoms with Crippen LogP contribution < -0.4 is 5.32 Å². The number of aliphatic hydroxyl groups excluding tert-OH is 1. The number of esters is 1. The summed E-state index contributed by atoms with van der Waals surface area (Å²) in [6.45, 7) is 2.00. The van der Waals surface area contributed by atoms with Gasteiger partial charge in [0.25, 0.3) is 0 Å². The van der Waals surface area contributed by atoms with Gasteiger partial charge in [-0.1, -0.05) is 24.3 Å². The van der Waals surface area contributed by atoms with Crippen LogP contribution in [0.2, 0.25) is 0 Å². The summed E-state index contributed by atoms with van der Waals surface area (Å²) in [4.78, 5) is 15.3. The lowest BCUT2D eigenvalue weighted by atomic mass is 10.0. The van der Waals surface area contributed by atoms with E-state index in [-0.39, 0.29) is 24.9 Å². The molecule has 23 heavy (non-hydrogen) atoms. The summed E-state index contributed by atoms with van der Waals surface area (Å²) in [7, 11) is 0. The molecule has 1 aliphatic rings. The molecule has 1 unspecified atom stereocenters. The molecule has 0 saturated carbocycles. The Bertz CT molecular complexity index is 705. The van der Waals surface area contributed by atoms with Gasteiger partial charge in [0, 0.05) is 36.1 Å². The predicted octanol–water partition coefficient (Wildman–Crippen LogP) is 1.78. The van der Waals surface area contributed by atoms with Crippen LogP contribution in [-0.2, 0) is 16.0 Å². The Morgan fingerprint density at radius 1 is 1.35 bits per heavy atom. The Balaban J connectivity index is 1.54. The molecule has 0 fully saturated rings. The maximum absolute atomic E-state index is 12.1. The largest absolute Gasteiger partial charge is 0.465 e. The maximum Gasteiger partial charge on any atom is 0.310 e. The number of aliphatic hydroxyl groups is 1. The molecule has 0 bridgehead atoms. The molecule has 3 N–H and O–H groups in total. The normalized spacial score (nSPS) is 18.5. The minimum Gasteiger partial charge on any atom is -0.465 e. The quantitative estimate of drug-likeness (QED) is 0.581. The summed E-state index contributed by atoms with van der Waals surface area (Å²) in [6, 6.07) is 7.92. The number of carbonyl (C=O) groups is 1. The number of hydrogen-bond acceptors (Lipinski definition) is 4. The highest BCUT2D eigenvalue weighted by Crippen LogP contribution is 2.19. The zero-order valence-corrected chi connectivity index (χ0v) is 13.0.